The molecule has 0 radical (unpaired) electrons. The van der Waals surface area contributed by atoms with Crippen LogP contribution in [0.1, 0.15) is 24.5 Å². The lowest BCUT2D eigenvalue weighted by Crippen LogP contribution is -2.21. The van der Waals surface area contributed by atoms with Crippen molar-refractivity contribution >= 4 is 5.91 Å². The van der Waals surface area contributed by atoms with E-state index in [0.717, 1.165) is 11.3 Å². The van der Waals surface area contributed by atoms with Gasteiger partial charge in [-0.25, -0.2) is 0 Å². The fourth-order valence-electron chi connectivity index (χ4n) is 1.48. The zero-order valence-electron chi connectivity index (χ0n) is 10.5. The lowest BCUT2D eigenvalue weighted by molar-refractivity contribution is -0.129. The highest BCUT2D eigenvalue weighted by Gasteiger charge is 2.11. The number of carbonyl (C=O) groups is 1. The molecule has 0 fully saturated rings. The van der Waals surface area contributed by atoms with Crippen molar-refractivity contribution in [1.82, 2.24) is 4.90 Å². The van der Waals surface area contributed by atoms with Gasteiger partial charge in [0.1, 0.15) is 5.75 Å². The van der Waals surface area contributed by atoms with Gasteiger partial charge >= 0.3 is 0 Å². The van der Waals surface area contributed by atoms with E-state index < -0.39 is 6.10 Å². The number of carbonyl (C=O) groups excluding carboxylic acids is 1. The molecule has 1 aromatic carbocycles. The molecule has 1 rings (SSSR count). The Morgan fingerprint density at radius 3 is 2.41 bits per heavy atom. The van der Waals surface area contributed by atoms with Gasteiger partial charge in [-0.2, -0.15) is 0 Å². The highest BCUT2D eigenvalue weighted by atomic mass is 16.5. The van der Waals surface area contributed by atoms with Crippen LogP contribution in [0, 0.1) is 0 Å². The first-order valence-electron chi connectivity index (χ1n) is 5.56. The maximum absolute atomic E-state index is 11.4. The first-order chi connectivity index (χ1) is 8.04. The molecule has 17 heavy (non-hydrogen) atoms. The molecule has 4 heteroatoms. The molecular formula is C13H19NO3. The van der Waals surface area contributed by atoms with E-state index in [1.165, 1.54) is 4.90 Å². The molecule has 0 bridgehead atoms. The third-order valence-electron chi connectivity index (χ3n) is 2.63. The van der Waals surface area contributed by atoms with Gasteiger partial charge in [-0.3, -0.25) is 4.79 Å². The van der Waals surface area contributed by atoms with Gasteiger partial charge in [0.2, 0.25) is 5.91 Å². The number of aliphatic hydroxyl groups excluding tert-OH is 1. The number of rotatable bonds is 5. The van der Waals surface area contributed by atoms with Crippen molar-refractivity contribution in [3.8, 4) is 5.75 Å². The predicted octanol–water partition coefficient (Wildman–Crippen LogP) is 1.60. The van der Waals surface area contributed by atoms with Crippen LogP contribution in [0.15, 0.2) is 24.3 Å². The quantitative estimate of drug-likeness (QED) is 0.846. The Hall–Kier alpha value is -1.55. The van der Waals surface area contributed by atoms with Crippen molar-refractivity contribution in [2.24, 2.45) is 0 Å². The minimum atomic E-state index is -0.607. The van der Waals surface area contributed by atoms with Crippen molar-refractivity contribution in [2.75, 3.05) is 21.2 Å². The van der Waals surface area contributed by atoms with Gasteiger partial charge < -0.3 is 14.7 Å². The molecule has 0 saturated carbocycles. The number of amides is 1. The van der Waals surface area contributed by atoms with Crippen molar-refractivity contribution in [3.05, 3.63) is 29.8 Å². The number of methoxy groups -OCH3 is 1. The molecule has 0 aliphatic carbocycles. The Bertz CT molecular complexity index is 359. The molecule has 0 saturated heterocycles. The summed E-state index contributed by atoms with van der Waals surface area (Å²) < 4.78 is 5.04. The fraction of sp³-hybridized carbons (Fsp3) is 0.462. The predicted molar refractivity (Wildman–Crippen MR) is 65.9 cm³/mol. The summed E-state index contributed by atoms with van der Waals surface area (Å²) in [6.45, 7) is 0. The van der Waals surface area contributed by atoms with Crippen LogP contribution in [-0.2, 0) is 4.79 Å². The maximum Gasteiger partial charge on any atom is 0.222 e. The SMILES string of the molecule is COc1ccc(C(O)CCC(=O)N(C)C)cc1. The number of hydrogen-bond donors (Lipinski definition) is 1. The lowest BCUT2D eigenvalue weighted by atomic mass is 10.0. The summed E-state index contributed by atoms with van der Waals surface area (Å²) in [6, 6.07) is 7.21. The van der Waals surface area contributed by atoms with Gasteiger partial charge in [0.15, 0.2) is 0 Å². The average molecular weight is 237 g/mol. The van der Waals surface area contributed by atoms with Crippen molar-refractivity contribution in [3.63, 3.8) is 0 Å². The first kappa shape index (κ1) is 13.5. The van der Waals surface area contributed by atoms with Gasteiger partial charge in [-0.1, -0.05) is 12.1 Å². The van der Waals surface area contributed by atoms with E-state index in [4.69, 9.17) is 4.74 Å². The standard InChI is InChI=1S/C13H19NO3/c1-14(2)13(16)9-8-12(15)10-4-6-11(17-3)7-5-10/h4-7,12,15H,8-9H2,1-3H3. The first-order valence-corrected chi connectivity index (χ1v) is 5.56. The summed E-state index contributed by atoms with van der Waals surface area (Å²) in [5.74, 6) is 0.780. The third-order valence-corrected chi connectivity index (χ3v) is 2.63. The summed E-state index contributed by atoms with van der Waals surface area (Å²) in [7, 11) is 5.02. The summed E-state index contributed by atoms with van der Waals surface area (Å²) in [5, 5.41) is 9.90. The van der Waals surface area contributed by atoms with E-state index in [1.54, 1.807) is 33.3 Å². The fourth-order valence-corrected chi connectivity index (χ4v) is 1.48. The van der Waals surface area contributed by atoms with Crippen LogP contribution in [0.4, 0.5) is 0 Å². The second-order valence-electron chi connectivity index (χ2n) is 4.12. The average Bonchev–Trinajstić information content (AvgIpc) is 2.35. The second kappa shape index (κ2) is 6.25. The van der Waals surface area contributed by atoms with E-state index in [2.05, 4.69) is 0 Å². The minimum absolute atomic E-state index is 0.0255. The Morgan fingerprint density at radius 1 is 1.35 bits per heavy atom. The largest absolute Gasteiger partial charge is 0.497 e. The van der Waals surface area contributed by atoms with E-state index in [9.17, 15) is 9.90 Å². The molecule has 1 aromatic rings. The summed E-state index contributed by atoms with van der Waals surface area (Å²) in [6.07, 6.45) is 0.175. The zero-order valence-corrected chi connectivity index (χ0v) is 10.5. The number of ether oxygens (including phenoxy) is 1. The van der Waals surface area contributed by atoms with Crippen LogP contribution in [-0.4, -0.2) is 37.1 Å². The molecule has 0 heterocycles. The molecule has 0 aliphatic heterocycles. The molecular weight excluding hydrogens is 218 g/mol. The maximum atomic E-state index is 11.4. The smallest absolute Gasteiger partial charge is 0.222 e. The molecule has 1 amide bonds. The van der Waals surface area contributed by atoms with E-state index in [1.807, 2.05) is 12.1 Å². The van der Waals surface area contributed by atoms with Crippen LogP contribution in [0.25, 0.3) is 0 Å². The molecule has 0 aliphatic rings. The normalized spacial score (nSPS) is 12.0. The molecule has 1 N–H and O–H groups in total. The lowest BCUT2D eigenvalue weighted by Gasteiger charge is -2.14. The van der Waals surface area contributed by atoms with Crippen molar-refractivity contribution < 1.29 is 14.6 Å². The molecule has 1 unspecified atom stereocenters. The summed E-state index contributed by atoms with van der Waals surface area (Å²) in [5.41, 5.74) is 0.803. The number of aliphatic hydroxyl groups is 1. The van der Waals surface area contributed by atoms with Crippen LogP contribution < -0.4 is 4.74 Å². The van der Waals surface area contributed by atoms with Crippen LogP contribution in [0.5, 0.6) is 5.75 Å². The zero-order chi connectivity index (χ0) is 12.8. The molecule has 1 atom stereocenters. The van der Waals surface area contributed by atoms with E-state index >= 15 is 0 Å². The number of benzene rings is 1. The third kappa shape index (κ3) is 4.07. The topological polar surface area (TPSA) is 49.8 Å². The number of nitrogens with zero attached hydrogens (tertiary/aromatic N) is 1. The van der Waals surface area contributed by atoms with Crippen molar-refractivity contribution in [2.45, 2.75) is 18.9 Å². The molecule has 0 aromatic heterocycles. The van der Waals surface area contributed by atoms with Crippen LogP contribution in [0.3, 0.4) is 0 Å². The Morgan fingerprint density at radius 2 is 1.94 bits per heavy atom. The van der Waals surface area contributed by atoms with Crippen molar-refractivity contribution in [1.29, 1.82) is 0 Å². The highest BCUT2D eigenvalue weighted by Crippen LogP contribution is 2.21. The monoisotopic (exact) mass is 237 g/mol. The Balaban J connectivity index is 2.51. The van der Waals surface area contributed by atoms with Crippen LogP contribution in [0.2, 0.25) is 0 Å². The van der Waals surface area contributed by atoms with Gasteiger partial charge in [0.25, 0.3) is 0 Å². The number of hydrogen-bond acceptors (Lipinski definition) is 3. The van der Waals surface area contributed by atoms with Gasteiger partial charge in [-0.05, 0) is 24.1 Å². The van der Waals surface area contributed by atoms with Gasteiger partial charge in [-0.15, -0.1) is 0 Å². The molecule has 4 nitrogen and oxygen atoms in total. The Kier molecular flexibility index (Phi) is 4.97. The summed E-state index contributed by atoms with van der Waals surface area (Å²) in [4.78, 5) is 12.9. The molecule has 0 spiro atoms. The highest BCUT2D eigenvalue weighted by molar-refractivity contribution is 5.75. The van der Waals surface area contributed by atoms with Gasteiger partial charge in [0, 0.05) is 20.5 Å². The Labute approximate surface area is 102 Å². The molecule has 94 valence electrons. The van der Waals surface area contributed by atoms with Crippen LogP contribution >= 0.6 is 0 Å². The second-order valence-corrected chi connectivity index (χ2v) is 4.12. The van der Waals surface area contributed by atoms with Gasteiger partial charge in [0.05, 0.1) is 13.2 Å². The minimum Gasteiger partial charge on any atom is -0.497 e. The summed E-state index contributed by atoms with van der Waals surface area (Å²) >= 11 is 0. The van der Waals surface area contributed by atoms with E-state index in [-0.39, 0.29) is 5.91 Å². The van der Waals surface area contributed by atoms with E-state index in [0.29, 0.717) is 12.8 Å².